The molecular weight excluding hydrogens is 224 g/mol. The quantitative estimate of drug-likeness (QED) is 0.866. The summed E-state index contributed by atoms with van der Waals surface area (Å²) in [5, 5.41) is 9.62. The van der Waals surface area contributed by atoms with E-state index in [1.165, 1.54) is 11.1 Å². The van der Waals surface area contributed by atoms with Crippen molar-refractivity contribution in [1.82, 2.24) is 0 Å². The second kappa shape index (κ2) is 4.11. The maximum atomic E-state index is 11.7. The number of carboxylic acids is 1. The van der Waals surface area contributed by atoms with Crippen molar-refractivity contribution in [2.45, 2.75) is 50.9 Å². The molecule has 96 valence electrons. The summed E-state index contributed by atoms with van der Waals surface area (Å²) in [4.78, 5) is 11.7. The average Bonchev–Trinajstić information content (AvgIpc) is 2.92. The molecular formula is C16H20O2. The molecule has 2 nitrogen and oxygen atoms in total. The first-order valence-corrected chi connectivity index (χ1v) is 6.97. The number of hydrogen-bond donors (Lipinski definition) is 1. The third-order valence-electron chi connectivity index (χ3n) is 4.76. The Bertz CT molecular complexity index is 484. The Morgan fingerprint density at radius 1 is 1.22 bits per heavy atom. The van der Waals surface area contributed by atoms with Gasteiger partial charge in [-0.05, 0) is 48.3 Å². The highest BCUT2D eigenvalue weighted by molar-refractivity contribution is 5.82. The molecule has 3 rings (SSSR count). The van der Waals surface area contributed by atoms with Crippen molar-refractivity contribution >= 4 is 5.97 Å². The van der Waals surface area contributed by atoms with Crippen LogP contribution in [0.25, 0.3) is 0 Å². The van der Waals surface area contributed by atoms with Crippen LogP contribution in [0.1, 0.15) is 49.3 Å². The molecule has 0 amide bonds. The number of carbonyl (C=O) groups is 1. The highest BCUT2D eigenvalue weighted by Gasteiger charge is 2.43. The number of benzene rings is 1. The zero-order chi connectivity index (χ0) is 12.8. The zero-order valence-corrected chi connectivity index (χ0v) is 10.9. The SMILES string of the molecule is CC1Cc2ccc(C3(C(=O)O)CCCC3)cc2C1. The summed E-state index contributed by atoms with van der Waals surface area (Å²) in [7, 11) is 0. The molecule has 0 aliphatic heterocycles. The van der Waals surface area contributed by atoms with Crippen LogP contribution in [0.4, 0.5) is 0 Å². The second-order valence-electron chi connectivity index (χ2n) is 6.09. The minimum Gasteiger partial charge on any atom is -0.481 e. The first-order chi connectivity index (χ1) is 8.62. The van der Waals surface area contributed by atoms with Gasteiger partial charge in [0.25, 0.3) is 0 Å². The molecule has 1 saturated carbocycles. The van der Waals surface area contributed by atoms with Crippen LogP contribution in [-0.2, 0) is 23.1 Å². The van der Waals surface area contributed by atoms with Gasteiger partial charge in [-0.15, -0.1) is 0 Å². The summed E-state index contributed by atoms with van der Waals surface area (Å²) in [6.07, 6.45) is 5.95. The molecule has 1 fully saturated rings. The molecule has 0 heterocycles. The largest absolute Gasteiger partial charge is 0.481 e. The van der Waals surface area contributed by atoms with Gasteiger partial charge in [-0.2, -0.15) is 0 Å². The third-order valence-corrected chi connectivity index (χ3v) is 4.76. The fourth-order valence-electron chi connectivity index (χ4n) is 3.74. The van der Waals surface area contributed by atoms with Crippen LogP contribution in [0, 0.1) is 5.92 Å². The first kappa shape index (κ1) is 11.8. The normalized spacial score (nSPS) is 25.1. The maximum absolute atomic E-state index is 11.7. The van der Waals surface area contributed by atoms with Gasteiger partial charge >= 0.3 is 5.97 Å². The van der Waals surface area contributed by atoms with E-state index in [0.29, 0.717) is 5.92 Å². The molecule has 1 unspecified atom stereocenters. The predicted octanol–water partition coefficient (Wildman–Crippen LogP) is 3.32. The monoisotopic (exact) mass is 244 g/mol. The van der Waals surface area contributed by atoms with E-state index in [2.05, 4.69) is 25.1 Å². The van der Waals surface area contributed by atoms with Crippen molar-refractivity contribution in [1.29, 1.82) is 0 Å². The molecule has 2 heteroatoms. The van der Waals surface area contributed by atoms with E-state index in [0.717, 1.165) is 44.1 Å². The smallest absolute Gasteiger partial charge is 0.314 e. The van der Waals surface area contributed by atoms with E-state index in [1.807, 2.05) is 0 Å². The lowest BCUT2D eigenvalue weighted by atomic mass is 9.78. The van der Waals surface area contributed by atoms with Crippen LogP contribution in [0.3, 0.4) is 0 Å². The van der Waals surface area contributed by atoms with Crippen molar-refractivity contribution in [3.05, 3.63) is 34.9 Å². The molecule has 1 N–H and O–H groups in total. The Morgan fingerprint density at radius 3 is 2.56 bits per heavy atom. The summed E-state index contributed by atoms with van der Waals surface area (Å²) in [6.45, 7) is 2.27. The van der Waals surface area contributed by atoms with E-state index in [4.69, 9.17) is 0 Å². The van der Waals surface area contributed by atoms with Gasteiger partial charge in [-0.1, -0.05) is 38.0 Å². The summed E-state index contributed by atoms with van der Waals surface area (Å²) >= 11 is 0. The predicted molar refractivity (Wildman–Crippen MR) is 70.8 cm³/mol. The highest BCUT2D eigenvalue weighted by Crippen LogP contribution is 2.42. The molecule has 1 aromatic rings. The molecule has 0 radical (unpaired) electrons. The molecule has 0 aromatic heterocycles. The zero-order valence-electron chi connectivity index (χ0n) is 10.9. The molecule has 1 aromatic carbocycles. The van der Waals surface area contributed by atoms with Crippen molar-refractivity contribution in [2.24, 2.45) is 5.92 Å². The second-order valence-corrected chi connectivity index (χ2v) is 6.09. The minimum absolute atomic E-state index is 0.596. The van der Waals surface area contributed by atoms with E-state index in [1.54, 1.807) is 0 Å². The van der Waals surface area contributed by atoms with Crippen LogP contribution >= 0.6 is 0 Å². The molecule has 2 aliphatic rings. The molecule has 0 saturated heterocycles. The van der Waals surface area contributed by atoms with Crippen LogP contribution in [0.5, 0.6) is 0 Å². The highest BCUT2D eigenvalue weighted by atomic mass is 16.4. The topological polar surface area (TPSA) is 37.3 Å². The molecule has 1 atom stereocenters. The Balaban J connectivity index is 2.02. The number of fused-ring (bicyclic) bond motifs is 1. The molecule has 0 bridgehead atoms. The summed E-state index contributed by atoms with van der Waals surface area (Å²) in [6, 6.07) is 6.41. The van der Waals surface area contributed by atoms with Gasteiger partial charge in [0.1, 0.15) is 0 Å². The average molecular weight is 244 g/mol. The Labute approximate surface area is 108 Å². The number of hydrogen-bond acceptors (Lipinski definition) is 1. The number of carboxylic acid groups (broad SMARTS) is 1. The van der Waals surface area contributed by atoms with Gasteiger partial charge in [0.2, 0.25) is 0 Å². The van der Waals surface area contributed by atoms with E-state index in [-0.39, 0.29) is 0 Å². The van der Waals surface area contributed by atoms with Crippen molar-refractivity contribution < 1.29 is 9.90 Å². The van der Waals surface area contributed by atoms with Crippen LogP contribution in [0.15, 0.2) is 18.2 Å². The lowest BCUT2D eigenvalue weighted by Gasteiger charge is -2.25. The van der Waals surface area contributed by atoms with Crippen molar-refractivity contribution in [3.63, 3.8) is 0 Å². The number of aliphatic carboxylic acids is 1. The minimum atomic E-state index is -0.633. The van der Waals surface area contributed by atoms with E-state index in [9.17, 15) is 9.90 Å². The lowest BCUT2D eigenvalue weighted by Crippen LogP contribution is -2.32. The van der Waals surface area contributed by atoms with Gasteiger partial charge in [0.05, 0.1) is 5.41 Å². The summed E-state index contributed by atoms with van der Waals surface area (Å²) in [5.41, 5.74) is 3.25. The van der Waals surface area contributed by atoms with Crippen molar-refractivity contribution in [2.75, 3.05) is 0 Å². The first-order valence-electron chi connectivity index (χ1n) is 6.97. The van der Waals surface area contributed by atoms with Gasteiger partial charge in [-0.25, -0.2) is 0 Å². The Hall–Kier alpha value is -1.31. The van der Waals surface area contributed by atoms with Gasteiger partial charge in [-0.3, -0.25) is 4.79 Å². The standard InChI is InChI=1S/C16H20O2/c1-11-8-12-4-5-14(10-13(12)9-11)16(15(17)18)6-2-3-7-16/h4-5,10-11H,2-3,6-9H2,1H3,(H,17,18). The number of rotatable bonds is 2. The van der Waals surface area contributed by atoms with E-state index < -0.39 is 11.4 Å². The van der Waals surface area contributed by atoms with Crippen LogP contribution in [0.2, 0.25) is 0 Å². The molecule has 2 aliphatic carbocycles. The van der Waals surface area contributed by atoms with E-state index >= 15 is 0 Å². The summed E-state index contributed by atoms with van der Waals surface area (Å²) in [5.74, 6) is 0.0746. The molecule has 18 heavy (non-hydrogen) atoms. The fourth-order valence-corrected chi connectivity index (χ4v) is 3.74. The third kappa shape index (κ3) is 1.66. The summed E-state index contributed by atoms with van der Waals surface area (Å²) < 4.78 is 0. The van der Waals surface area contributed by atoms with Gasteiger partial charge in [0.15, 0.2) is 0 Å². The lowest BCUT2D eigenvalue weighted by molar-refractivity contribution is -0.143. The van der Waals surface area contributed by atoms with Gasteiger partial charge in [0, 0.05) is 0 Å². The molecule has 0 spiro atoms. The van der Waals surface area contributed by atoms with Gasteiger partial charge < -0.3 is 5.11 Å². The van der Waals surface area contributed by atoms with Crippen LogP contribution < -0.4 is 0 Å². The Morgan fingerprint density at radius 2 is 1.89 bits per heavy atom. The van der Waals surface area contributed by atoms with Crippen LogP contribution in [-0.4, -0.2) is 11.1 Å². The van der Waals surface area contributed by atoms with Crippen molar-refractivity contribution in [3.8, 4) is 0 Å². The maximum Gasteiger partial charge on any atom is 0.314 e. The Kier molecular flexibility index (Phi) is 2.69. The fraction of sp³-hybridized carbons (Fsp3) is 0.562.